The van der Waals surface area contributed by atoms with E-state index in [4.69, 9.17) is 0 Å². The maximum atomic E-state index is 2.45. The molecule has 6 aromatic rings. The van der Waals surface area contributed by atoms with Crippen molar-refractivity contribution in [3.8, 4) is 22.3 Å². The fourth-order valence-corrected chi connectivity index (χ4v) is 7.75. The van der Waals surface area contributed by atoms with Crippen LogP contribution in [0.3, 0.4) is 0 Å². The molecule has 0 bridgehead atoms. The van der Waals surface area contributed by atoms with Gasteiger partial charge in [-0.3, -0.25) is 0 Å². The highest BCUT2D eigenvalue weighted by molar-refractivity contribution is 8.00. The maximum Gasteiger partial charge on any atom is 0.0462 e. The SMILES string of the molecule is C1=CC2c3ccccc3SC2C=C1c1ccc(N(c2ccc(-c3ccccc3)cc2)c2ccc(-c3ccccc3)cc2)cc1. The molecule has 0 radical (unpaired) electrons. The Labute approximate surface area is 263 Å². The Morgan fingerprint density at radius 3 is 1.43 bits per heavy atom. The predicted molar refractivity (Wildman–Crippen MR) is 188 cm³/mol. The smallest absolute Gasteiger partial charge is 0.0462 e. The van der Waals surface area contributed by atoms with Crippen LogP contribution in [0.1, 0.15) is 17.0 Å². The van der Waals surface area contributed by atoms with Gasteiger partial charge in [0.25, 0.3) is 0 Å². The lowest BCUT2D eigenvalue weighted by molar-refractivity contribution is 0.883. The Balaban J connectivity index is 1.12. The molecule has 0 saturated carbocycles. The summed E-state index contributed by atoms with van der Waals surface area (Å²) in [4.78, 5) is 3.75. The molecule has 2 heteroatoms. The second kappa shape index (κ2) is 11.6. The first-order chi connectivity index (χ1) is 21.8. The van der Waals surface area contributed by atoms with Gasteiger partial charge in [0.1, 0.15) is 0 Å². The average molecular weight is 582 g/mol. The first kappa shape index (κ1) is 26.6. The van der Waals surface area contributed by atoms with Crippen molar-refractivity contribution >= 4 is 34.4 Å². The fraction of sp³-hybridized carbons (Fsp3) is 0.0476. The lowest BCUT2D eigenvalue weighted by Crippen LogP contribution is -2.10. The van der Waals surface area contributed by atoms with Gasteiger partial charge in [0, 0.05) is 33.1 Å². The van der Waals surface area contributed by atoms with Gasteiger partial charge < -0.3 is 4.90 Å². The first-order valence-electron chi connectivity index (χ1n) is 15.2. The van der Waals surface area contributed by atoms with Gasteiger partial charge in [-0.2, -0.15) is 0 Å². The summed E-state index contributed by atoms with van der Waals surface area (Å²) in [6, 6.07) is 56.8. The summed E-state index contributed by atoms with van der Waals surface area (Å²) in [6.45, 7) is 0. The van der Waals surface area contributed by atoms with E-state index in [1.165, 1.54) is 43.8 Å². The molecule has 8 rings (SSSR count). The van der Waals surface area contributed by atoms with E-state index < -0.39 is 0 Å². The van der Waals surface area contributed by atoms with Gasteiger partial charge >= 0.3 is 0 Å². The van der Waals surface area contributed by atoms with Crippen molar-refractivity contribution in [1.82, 2.24) is 0 Å². The number of thioether (sulfide) groups is 1. The molecule has 1 aliphatic carbocycles. The van der Waals surface area contributed by atoms with Gasteiger partial charge in [0.15, 0.2) is 0 Å². The third-order valence-electron chi connectivity index (χ3n) is 8.65. The molecular formula is C42H31NS. The van der Waals surface area contributed by atoms with Crippen LogP contribution < -0.4 is 4.90 Å². The highest BCUT2D eigenvalue weighted by atomic mass is 32.2. The number of nitrogens with zero attached hydrogens (tertiary/aromatic N) is 1. The molecule has 0 spiro atoms. The molecule has 6 aromatic carbocycles. The van der Waals surface area contributed by atoms with E-state index >= 15 is 0 Å². The Hall–Kier alpha value is -5.05. The van der Waals surface area contributed by atoms with Crippen LogP contribution in [0.5, 0.6) is 0 Å². The maximum absolute atomic E-state index is 2.45. The summed E-state index contributed by atoms with van der Waals surface area (Å²) in [5, 5.41) is 0.454. The molecule has 2 atom stereocenters. The van der Waals surface area contributed by atoms with Crippen molar-refractivity contribution in [3.05, 3.63) is 187 Å². The van der Waals surface area contributed by atoms with Gasteiger partial charge in [-0.25, -0.2) is 0 Å². The zero-order chi connectivity index (χ0) is 29.3. The van der Waals surface area contributed by atoms with Crippen LogP contribution in [-0.2, 0) is 0 Å². The van der Waals surface area contributed by atoms with E-state index in [2.05, 4.69) is 181 Å². The van der Waals surface area contributed by atoms with E-state index in [0.717, 1.165) is 17.1 Å². The normalized spacial score (nSPS) is 16.6. The van der Waals surface area contributed by atoms with Gasteiger partial charge in [-0.05, 0) is 81.4 Å². The average Bonchev–Trinajstić information content (AvgIpc) is 3.48. The molecule has 0 amide bonds. The van der Waals surface area contributed by atoms with Crippen LogP contribution in [0.25, 0.3) is 27.8 Å². The molecule has 0 N–H and O–H groups in total. The highest BCUT2D eigenvalue weighted by Gasteiger charge is 2.32. The Kier molecular flexibility index (Phi) is 6.98. The van der Waals surface area contributed by atoms with Crippen LogP contribution in [0.15, 0.2) is 181 Å². The summed E-state index contributed by atoms with van der Waals surface area (Å²) in [7, 11) is 0. The van der Waals surface area contributed by atoms with Crippen LogP contribution in [0, 0.1) is 0 Å². The molecule has 1 nitrogen and oxygen atoms in total. The van der Waals surface area contributed by atoms with Crippen molar-refractivity contribution in [2.45, 2.75) is 16.1 Å². The number of anilines is 3. The number of allylic oxidation sites excluding steroid dienone is 3. The van der Waals surface area contributed by atoms with E-state index in [9.17, 15) is 0 Å². The molecule has 0 aromatic heterocycles. The summed E-state index contributed by atoms with van der Waals surface area (Å²) in [5.41, 5.74) is 12.3. The Morgan fingerprint density at radius 2 is 0.886 bits per heavy atom. The monoisotopic (exact) mass is 581 g/mol. The van der Waals surface area contributed by atoms with E-state index in [1.54, 1.807) is 0 Å². The molecule has 2 aliphatic rings. The van der Waals surface area contributed by atoms with Crippen LogP contribution in [0.2, 0.25) is 0 Å². The van der Waals surface area contributed by atoms with E-state index in [1.807, 2.05) is 11.8 Å². The molecule has 1 aliphatic heterocycles. The number of fused-ring (bicyclic) bond motifs is 3. The quantitative estimate of drug-likeness (QED) is 0.192. The minimum Gasteiger partial charge on any atom is -0.311 e. The molecule has 210 valence electrons. The molecule has 1 heterocycles. The molecule has 0 fully saturated rings. The van der Waals surface area contributed by atoms with E-state index in [-0.39, 0.29) is 0 Å². The lowest BCUT2D eigenvalue weighted by Gasteiger charge is -2.26. The summed E-state index contributed by atoms with van der Waals surface area (Å²) >= 11 is 1.98. The first-order valence-corrected chi connectivity index (χ1v) is 16.1. The van der Waals surface area contributed by atoms with Crippen LogP contribution in [0.4, 0.5) is 17.1 Å². The summed E-state index contributed by atoms with van der Waals surface area (Å²) < 4.78 is 0. The van der Waals surface area contributed by atoms with Gasteiger partial charge in [0.05, 0.1) is 0 Å². The van der Waals surface area contributed by atoms with Crippen molar-refractivity contribution in [2.75, 3.05) is 4.90 Å². The summed E-state index contributed by atoms with van der Waals surface area (Å²) in [6.07, 6.45) is 7.15. The second-order valence-corrected chi connectivity index (χ2v) is 12.6. The number of hydrogen-bond acceptors (Lipinski definition) is 2. The zero-order valence-electron chi connectivity index (χ0n) is 24.3. The third-order valence-corrected chi connectivity index (χ3v) is 9.97. The minimum absolute atomic E-state index is 0.454. The lowest BCUT2D eigenvalue weighted by atomic mass is 9.88. The molecule has 44 heavy (non-hydrogen) atoms. The Morgan fingerprint density at radius 1 is 0.432 bits per heavy atom. The third kappa shape index (κ3) is 5.08. The van der Waals surface area contributed by atoms with Crippen molar-refractivity contribution in [2.24, 2.45) is 0 Å². The molecular weight excluding hydrogens is 551 g/mol. The number of rotatable bonds is 6. The fourth-order valence-electron chi connectivity index (χ4n) is 6.36. The topological polar surface area (TPSA) is 3.24 Å². The number of benzene rings is 6. The number of hydrogen-bond donors (Lipinski definition) is 0. The van der Waals surface area contributed by atoms with Crippen molar-refractivity contribution < 1.29 is 0 Å². The predicted octanol–water partition coefficient (Wildman–Crippen LogP) is 11.7. The Bertz CT molecular complexity index is 1870. The van der Waals surface area contributed by atoms with Crippen molar-refractivity contribution in [3.63, 3.8) is 0 Å². The van der Waals surface area contributed by atoms with Crippen molar-refractivity contribution in [1.29, 1.82) is 0 Å². The van der Waals surface area contributed by atoms with Gasteiger partial charge in [-0.15, -0.1) is 11.8 Å². The molecule has 0 saturated heterocycles. The van der Waals surface area contributed by atoms with Gasteiger partial charge in [-0.1, -0.05) is 133 Å². The second-order valence-electron chi connectivity index (χ2n) is 11.3. The highest BCUT2D eigenvalue weighted by Crippen LogP contribution is 2.49. The van der Waals surface area contributed by atoms with E-state index in [0.29, 0.717) is 11.2 Å². The standard InChI is InChI=1S/C42H31NS/c1-3-9-30(10-4-1)32-15-22-36(23-16-32)43(37-24-17-33(18-25-37)31-11-5-2-6-12-31)38-26-19-34(20-27-38)35-21-28-40-39-13-7-8-14-41(39)44-42(40)29-35/h1-29,40,42H. The zero-order valence-corrected chi connectivity index (χ0v) is 25.1. The van der Waals surface area contributed by atoms with Gasteiger partial charge in [0.2, 0.25) is 0 Å². The van der Waals surface area contributed by atoms with Crippen LogP contribution in [-0.4, -0.2) is 5.25 Å². The minimum atomic E-state index is 0.454. The largest absolute Gasteiger partial charge is 0.311 e. The summed E-state index contributed by atoms with van der Waals surface area (Å²) in [5.74, 6) is 0.465. The van der Waals surface area contributed by atoms with Crippen LogP contribution >= 0.6 is 11.8 Å². The molecule has 2 unspecified atom stereocenters.